The third kappa shape index (κ3) is 15.3. The zero-order chi connectivity index (χ0) is 46.1. The smallest absolute Gasteiger partial charge is 0.250 e. The minimum absolute atomic E-state index is 0. The van der Waals surface area contributed by atoms with Gasteiger partial charge >= 0.3 is 0 Å². The molecule has 3 aromatic carbocycles. The van der Waals surface area contributed by atoms with Gasteiger partial charge in [0, 0.05) is 73.1 Å². The van der Waals surface area contributed by atoms with Crippen LogP contribution in [0.4, 0.5) is 15.9 Å². The molecule has 4 N–H and O–H groups in total. The maximum atomic E-state index is 14.2. The maximum absolute atomic E-state index is 14.2. The Morgan fingerprint density at radius 1 is 0.836 bits per heavy atom. The lowest BCUT2D eigenvalue weighted by Gasteiger charge is -2.32. The van der Waals surface area contributed by atoms with Gasteiger partial charge in [-0.15, -0.1) is 0 Å². The molecule has 2 saturated heterocycles. The molecule has 0 saturated carbocycles. The summed E-state index contributed by atoms with van der Waals surface area (Å²) in [5.41, 5.74) is 4.08. The van der Waals surface area contributed by atoms with E-state index in [0.29, 0.717) is 113 Å². The molecule has 0 radical (unpaired) electrons. The van der Waals surface area contributed by atoms with Crippen molar-refractivity contribution in [2.45, 2.75) is 75.9 Å². The zero-order valence-corrected chi connectivity index (χ0v) is 40.0. The summed E-state index contributed by atoms with van der Waals surface area (Å²) in [7, 11) is 0. The van der Waals surface area contributed by atoms with Crippen molar-refractivity contribution < 1.29 is 42.5 Å². The van der Waals surface area contributed by atoms with Gasteiger partial charge in [-0.1, -0.05) is 54.4 Å². The van der Waals surface area contributed by atoms with Gasteiger partial charge in [0.25, 0.3) is 0 Å². The van der Waals surface area contributed by atoms with Crippen molar-refractivity contribution in [3.8, 4) is 11.3 Å². The van der Waals surface area contributed by atoms with Crippen molar-refractivity contribution in [1.29, 1.82) is 0 Å². The number of halogens is 1. The summed E-state index contributed by atoms with van der Waals surface area (Å²) in [5, 5.41) is 12.9. The van der Waals surface area contributed by atoms with Gasteiger partial charge in [0.2, 0.25) is 23.6 Å². The van der Waals surface area contributed by atoms with Crippen molar-refractivity contribution in [2.24, 2.45) is 5.92 Å². The van der Waals surface area contributed by atoms with Gasteiger partial charge in [-0.2, -0.15) is 25.3 Å². The molecule has 2 fully saturated rings. The number of hydrogen-bond acceptors (Lipinski definition) is 11. The monoisotopic (exact) mass is 961 g/mol. The number of nitrogens with zero attached hydrogens (tertiary/aromatic N) is 3. The molecule has 362 valence electrons. The Morgan fingerprint density at radius 3 is 2.24 bits per heavy atom. The molecule has 67 heavy (non-hydrogen) atoms. The van der Waals surface area contributed by atoms with Gasteiger partial charge < -0.3 is 49.7 Å². The van der Waals surface area contributed by atoms with Crippen LogP contribution in [0.3, 0.4) is 0 Å². The van der Waals surface area contributed by atoms with E-state index in [0.717, 1.165) is 47.6 Å². The summed E-state index contributed by atoms with van der Waals surface area (Å²) in [6, 6.07) is 22.8. The first-order chi connectivity index (χ1) is 32.2. The minimum atomic E-state index is -0.906. The number of anilines is 2. The molecule has 3 aliphatic heterocycles. The predicted octanol–water partition coefficient (Wildman–Crippen LogP) is 5.81. The number of aryl methyl sites for hydroxylation is 1. The molecule has 18 heteroatoms. The van der Waals surface area contributed by atoms with Crippen molar-refractivity contribution in [3.63, 3.8) is 0 Å². The van der Waals surface area contributed by atoms with Crippen molar-refractivity contribution in [3.05, 3.63) is 102 Å². The molecule has 0 spiro atoms. The number of carbonyl (C=O) groups is 4. The summed E-state index contributed by atoms with van der Waals surface area (Å²) in [5.74, 6) is 2.19. The first kappa shape index (κ1) is 51.4. The lowest BCUT2D eigenvalue weighted by molar-refractivity contribution is -0.138. The van der Waals surface area contributed by atoms with E-state index in [1.807, 2.05) is 73.3 Å². The Morgan fingerprint density at radius 2 is 1.52 bits per heavy atom. The van der Waals surface area contributed by atoms with Crippen LogP contribution in [0.15, 0.2) is 78.9 Å². The van der Waals surface area contributed by atoms with Crippen LogP contribution in [0.25, 0.3) is 11.3 Å². The standard InChI is InChI=1S/C49H62FN7O8S.H2S/c1-34-11-17-38(18-12-34)52-48-46(36-13-15-37(50)16-14-36)54-42-32-56(21-22-57(42)48)49(61)47(35-7-3-2-4-8-35)55-44(59)19-23-62-25-27-64-29-30-65-28-26-63-24-20-51-43(58)10-6-5-9-41-39-31-45(60)53-40(39)33-66-41;/h2-4,7-8,11-18,39-41,47,52H,5-6,9-10,19-33H2,1H3,(H,51,58)(H,53,60)(H,55,59);1H2/t39?,40?,41?,47-;/m0./s1. The van der Waals surface area contributed by atoms with E-state index in [2.05, 4.69) is 25.8 Å². The molecule has 0 aliphatic carbocycles. The highest BCUT2D eigenvalue weighted by Gasteiger charge is 2.42. The van der Waals surface area contributed by atoms with E-state index >= 15 is 0 Å². The Kier molecular flexibility index (Phi) is 20.4. The number of ether oxygens (including phenoxy) is 4. The highest BCUT2D eigenvalue weighted by molar-refractivity contribution is 8.00. The van der Waals surface area contributed by atoms with Crippen LogP contribution in [0, 0.1) is 18.7 Å². The van der Waals surface area contributed by atoms with E-state index in [1.54, 1.807) is 17.0 Å². The second-order valence-corrected chi connectivity index (χ2v) is 18.0. The number of fused-ring (bicyclic) bond motifs is 2. The van der Waals surface area contributed by atoms with Crippen LogP contribution in [0.2, 0.25) is 0 Å². The van der Waals surface area contributed by atoms with Gasteiger partial charge in [0.1, 0.15) is 29.2 Å². The average Bonchev–Trinajstić information content (AvgIpc) is 4.01. The number of unbranched alkanes of at least 4 members (excludes halogenated alkanes) is 1. The minimum Gasteiger partial charge on any atom is -0.379 e. The van der Waals surface area contributed by atoms with E-state index < -0.39 is 6.04 Å². The lowest BCUT2D eigenvalue weighted by atomic mass is 9.94. The molecule has 4 atom stereocenters. The molecule has 4 amide bonds. The number of thioether (sulfide) groups is 1. The van der Waals surface area contributed by atoms with Crippen LogP contribution in [0.1, 0.15) is 61.5 Å². The molecule has 1 aromatic heterocycles. The number of rotatable bonds is 26. The van der Waals surface area contributed by atoms with E-state index in [1.165, 1.54) is 12.1 Å². The van der Waals surface area contributed by atoms with Crippen LogP contribution >= 0.6 is 25.3 Å². The second-order valence-electron chi connectivity index (χ2n) is 16.8. The Hall–Kier alpha value is -4.98. The lowest BCUT2D eigenvalue weighted by Crippen LogP contribution is -2.46. The van der Waals surface area contributed by atoms with Crippen LogP contribution in [-0.2, 0) is 51.2 Å². The van der Waals surface area contributed by atoms with Crippen molar-refractivity contribution in [1.82, 2.24) is 30.4 Å². The number of amides is 4. The van der Waals surface area contributed by atoms with E-state index in [-0.39, 0.29) is 62.5 Å². The quantitative estimate of drug-likeness (QED) is 0.0560. The number of benzene rings is 3. The highest BCUT2D eigenvalue weighted by Crippen LogP contribution is 2.40. The topological polar surface area (TPSA) is 174 Å². The van der Waals surface area contributed by atoms with Gasteiger partial charge in [-0.25, -0.2) is 9.37 Å². The second kappa shape index (κ2) is 26.5. The molecular weight excluding hydrogens is 898 g/mol. The van der Waals surface area contributed by atoms with Crippen LogP contribution < -0.4 is 21.3 Å². The summed E-state index contributed by atoms with van der Waals surface area (Å²) >= 11 is 1.95. The average molecular weight is 962 g/mol. The van der Waals surface area contributed by atoms with Gasteiger partial charge in [-0.05, 0) is 61.7 Å². The van der Waals surface area contributed by atoms with Gasteiger partial charge in [-0.3, -0.25) is 19.2 Å². The van der Waals surface area contributed by atoms with E-state index in [4.69, 9.17) is 23.9 Å². The molecule has 0 bridgehead atoms. The third-order valence-electron chi connectivity index (χ3n) is 12.0. The normalized spacial score (nSPS) is 17.8. The summed E-state index contributed by atoms with van der Waals surface area (Å²) < 4.78 is 38.3. The Balaban J connectivity index is 0.00000741. The number of aromatic nitrogens is 2. The van der Waals surface area contributed by atoms with Crippen molar-refractivity contribution in [2.75, 3.05) is 77.0 Å². The van der Waals surface area contributed by atoms with Crippen LogP contribution in [0.5, 0.6) is 0 Å². The summed E-state index contributed by atoms with van der Waals surface area (Å²) in [4.78, 5) is 57.9. The molecule has 3 unspecified atom stereocenters. The fraction of sp³-hybridized carbons (Fsp3) is 0.490. The summed E-state index contributed by atoms with van der Waals surface area (Å²) in [6.07, 6.45) is 4.09. The molecule has 4 aromatic rings. The van der Waals surface area contributed by atoms with Crippen molar-refractivity contribution >= 4 is 60.4 Å². The SMILES string of the molecule is Cc1ccc(Nc2c(-c3ccc(F)cc3)nc3n2CCN(C(=O)[C@@H](NC(=O)CCOCCOCCOCCOCCNC(=O)CCCCC2SCC4NC(=O)CC42)c2ccccc2)C3)cc1.S. The number of nitrogens with one attached hydrogen (secondary N) is 4. The first-order valence-corrected chi connectivity index (χ1v) is 24.1. The Labute approximate surface area is 403 Å². The first-order valence-electron chi connectivity index (χ1n) is 23.0. The van der Waals surface area contributed by atoms with Crippen LogP contribution in [-0.4, -0.2) is 121 Å². The number of carbonyl (C=O) groups excluding carboxylic acids is 4. The largest absolute Gasteiger partial charge is 0.379 e. The highest BCUT2D eigenvalue weighted by atomic mass is 32.2. The predicted molar refractivity (Wildman–Crippen MR) is 261 cm³/mol. The number of imidazole rings is 1. The molecule has 4 heterocycles. The number of hydrogen-bond donors (Lipinski definition) is 4. The molecule has 7 rings (SSSR count). The fourth-order valence-electron chi connectivity index (χ4n) is 8.42. The maximum Gasteiger partial charge on any atom is 0.250 e. The Bertz CT molecular complexity index is 2200. The van der Waals surface area contributed by atoms with E-state index in [9.17, 15) is 23.6 Å². The molecule has 15 nitrogen and oxygen atoms in total. The zero-order valence-electron chi connectivity index (χ0n) is 38.1. The third-order valence-corrected chi connectivity index (χ3v) is 13.5. The summed E-state index contributed by atoms with van der Waals surface area (Å²) in [6.45, 7) is 6.35. The molecule has 3 aliphatic rings. The van der Waals surface area contributed by atoms with Gasteiger partial charge in [0.15, 0.2) is 0 Å². The van der Waals surface area contributed by atoms with Gasteiger partial charge in [0.05, 0.1) is 59.4 Å². The molecular formula is C49H64FN7O8S2. The fourth-order valence-corrected chi connectivity index (χ4v) is 10.1.